The monoisotopic (exact) mass is 177 g/mol. The second kappa shape index (κ2) is 4.29. The maximum Gasteiger partial charge on any atom is 0.0627 e. The van der Waals surface area contributed by atoms with Gasteiger partial charge in [0.05, 0.1) is 6.10 Å². The highest BCUT2D eigenvalue weighted by Crippen LogP contribution is 2.24. The summed E-state index contributed by atoms with van der Waals surface area (Å²) in [4.78, 5) is 0. The third-order valence-corrected chi connectivity index (χ3v) is 2.59. The number of halogens is 1. The maximum atomic E-state index is 5.64. The van der Waals surface area contributed by atoms with Crippen LogP contribution in [0.3, 0.4) is 0 Å². The Bertz CT molecular complexity index is 94.7. The molecule has 0 bridgehead atoms. The van der Waals surface area contributed by atoms with Gasteiger partial charge in [-0.05, 0) is 31.7 Å². The van der Waals surface area contributed by atoms with E-state index in [0.29, 0.717) is 6.10 Å². The predicted molar refractivity (Wildman–Crippen MR) is 47.2 cm³/mol. The maximum absolute atomic E-state index is 5.64. The Hall–Kier alpha value is 0.210. The Morgan fingerprint density at radius 3 is 3.00 bits per heavy atom. The van der Waals surface area contributed by atoms with E-state index in [2.05, 4.69) is 5.32 Å². The van der Waals surface area contributed by atoms with Crippen molar-refractivity contribution in [2.75, 3.05) is 19.7 Å². The van der Waals surface area contributed by atoms with E-state index >= 15 is 0 Å². The topological polar surface area (TPSA) is 21.3 Å². The van der Waals surface area contributed by atoms with E-state index in [0.717, 1.165) is 19.1 Å². The molecular formula is C8H16ClNO. The van der Waals surface area contributed by atoms with Crippen LogP contribution in [0.5, 0.6) is 0 Å². The van der Waals surface area contributed by atoms with Crippen LogP contribution in [-0.4, -0.2) is 25.8 Å². The van der Waals surface area contributed by atoms with Crippen molar-refractivity contribution in [2.24, 2.45) is 5.92 Å². The fourth-order valence-electron chi connectivity index (χ4n) is 1.99. The SMILES string of the molecule is C1COC2CCNCC2C1.Cl. The Balaban J connectivity index is 0.000000605. The quantitative estimate of drug-likeness (QED) is 0.601. The van der Waals surface area contributed by atoms with Crippen LogP contribution in [0.15, 0.2) is 0 Å². The van der Waals surface area contributed by atoms with Crippen LogP contribution in [-0.2, 0) is 4.74 Å². The fraction of sp³-hybridized carbons (Fsp3) is 1.00. The second-order valence-corrected chi connectivity index (χ2v) is 3.30. The number of ether oxygens (including phenoxy) is 1. The summed E-state index contributed by atoms with van der Waals surface area (Å²) in [5, 5.41) is 3.40. The number of rotatable bonds is 0. The van der Waals surface area contributed by atoms with Gasteiger partial charge in [-0.15, -0.1) is 12.4 Å². The molecule has 0 aromatic rings. The van der Waals surface area contributed by atoms with Gasteiger partial charge >= 0.3 is 0 Å². The fourth-order valence-corrected chi connectivity index (χ4v) is 1.99. The van der Waals surface area contributed by atoms with Gasteiger partial charge in [0.15, 0.2) is 0 Å². The highest BCUT2D eigenvalue weighted by molar-refractivity contribution is 5.85. The molecule has 2 saturated heterocycles. The molecule has 0 aromatic carbocycles. The molecule has 2 aliphatic heterocycles. The third-order valence-electron chi connectivity index (χ3n) is 2.59. The standard InChI is InChI=1S/C8H15NO.ClH/c1-2-7-6-9-4-3-8(7)10-5-1;/h7-9H,1-6H2;1H. The molecule has 11 heavy (non-hydrogen) atoms. The molecule has 0 aliphatic carbocycles. The van der Waals surface area contributed by atoms with Crippen LogP contribution in [0.1, 0.15) is 19.3 Å². The minimum atomic E-state index is 0. The molecular weight excluding hydrogens is 162 g/mol. The first-order valence-corrected chi connectivity index (χ1v) is 4.29. The zero-order valence-electron chi connectivity index (χ0n) is 6.71. The average Bonchev–Trinajstić information content (AvgIpc) is 2.05. The zero-order valence-corrected chi connectivity index (χ0v) is 7.53. The molecule has 2 heterocycles. The lowest BCUT2D eigenvalue weighted by atomic mass is 9.90. The van der Waals surface area contributed by atoms with Crippen LogP contribution >= 0.6 is 12.4 Å². The lowest BCUT2D eigenvalue weighted by Gasteiger charge is -2.35. The number of piperidine rings is 1. The lowest BCUT2D eigenvalue weighted by molar-refractivity contribution is -0.0406. The summed E-state index contributed by atoms with van der Waals surface area (Å²) >= 11 is 0. The normalized spacial score (nSPS) is 37.1. The Kier molecular flexibility index (Phi) is 3.63. The highest BCUT2D eigenvalue weighted by atomic mass is 35.5. The van der Waals surface area contributed by atoms with Crippen molar-refractivity contribution in [2.45, 2.75) is 25.4 Å². The van der Waals surface area contributed by atoms with Gasteiger partial charge in [-0.1, -0.05) is 0 Å². The molecule has 2 unspecified atom stereocenters. The molecule has 0 radical (unpaired) electrons. The molecule has 0 saturated carbocycles. The number of fused-ring (bicyclic) bond motifs is 1. The molecule has 2 aliphatic rings. The minimum Gasteiger partial charge on any atom is -0.378 e. The predicted octanol–water partition coefficient (Wildman–Crippen LogP) is 1.20. The summed E-state index contributed by atoms with van der Waals surface area (Å²) in [5.74, 6) is 0.822. The van der Waals surface area contributed by atoms with Gasteiger partial charge in [0.25, 0.3) is 0 Å². The van der Waals surface area contributed by atoms with Crippen LogP contribution in [0.25, 0.3) is 0 Å². The Morgan fingerprint density at radius 1 is 1.27 bits per heavy atom. The molecule has 2 fully saturated rings. The number of nitrogens with one attached hydrogen (secondary N) is 1. The summed E-state index contributed by atoms with van der Waals surface area (Å²) in [6, 6.07) is 0. The first kappa shape index (κ1) is 9.30. The van der Waals surface area contributed by atoms with Gasteiger partial charge in [-0.25, -0.2) is 0 Å². The summed E-state index contributed by atoms with van der Waals surface area (Å²) in [6.45, 7) is 3.34. The summed E-state index contributed by atoms with van der Waals surface area (Å²) < 4.78 is 5.64. The van der Waals surface area contributed by atoms with Crippen LogP contribution in [0, 0.1) is 5.92 Å². The smallest absolute Gasteiger partial charge is 0.0627 e. The molecule has 3 heteroatoms. The van der Waals surface area contributed by atoms with E-state index in [1.807, 2.05) is 0 Å². The van der Waals surface area contributed by atoms with Crippen molar-refractivity contribution in [1.29, 1.82) is 0 Å². The molecule has 2 nitrogen and oxygen atoms in total. The number of hydrogen-bond donors (Lipinski definition) is 1. The van der Waals surface area contributed by atoms with Gasteiger partial charge in [0.2, 0.25) is 0 Å². The van der Waals surface area contributed by atoms with E-state index in [1.54, 1.807) is 0 Å². The van der Waals surface area contributed by atoms with Crippen LogP contribution in [0.4, 0.5) is 0 Å². The summed E-state index contributed by atoms with van der Waals surface area (Å²) in [6.07, 6.45) is 4.46. The largest absolute Gasteiger partial charge is 0.378 e. The van der Waals surface area contributed by atoms with Gasteiger partial charge in [0.1, 0.15) is 0 Å². The minimum absolute atomic E-state index is 0. The van der Waals surface area contributed by atoms with Crippen LogP contribution in [0.2, 0.25) is 0 Å². The van der Waals surface area contributed by atoms with Crippen molar-refractivity contribution in [3.05, 3.63) is 0 Å². The van der Waals surface area contributed by atoms with Crippen LogP contribution < -0.4 is 5.32 Å². The van der Waals surface area contributed by atoms with Crippen molar-refractivity contribution in [1.82, 2.24) is 5.32 Å². The van der Waals surface area contributed by atoms with Crippen molar-refractivity contribution in [3.8, 4) is 0 Å². The molecule has 2 rings (SSSR count). The molecule has 0 spiro atoms. The van der Waals surface area contributed by atoms with Gasteiger partial charge in [-0.3, -0.25) is 0 Å². The summed E-state index contributed by atoms with van der Waals surface area (Å²) in [5.41, 5.74) is 0. The molecule has 66 valence electrons. The van der Waals surface area contributed by atoms with E-state index in [1.165, 1.54) is 25.8 Å². The van der Waals surface area contributed by atoms with E-state index in [4.69, 9.17) is 4.74 Å². The van der Waals surface area contributed by atoms with Crippen molar-refractivity contribution >= 4 is 12.4 Å². The van der Waals surface area contributed by atoms with Gasteiger partial charge in [-0.2, -0.15) is 0 Å². The molecule has 0 aromatic heterocycles. The van der Waals surface area contributed by atoms with E-state index < -0.39 is 0 Å². The lowest BCUT2D eigenvalue weighted by Crippen LogP contribution is -2.43. The zero-order chi connectivity index (χ0) is 6.81. The van der Waals surface area contributed by atoms with Crippen molar-refractivity contribution in [3.63, 3.8) is 0 Å². The first-order valence-electron chi connectivity index (χ1n) is 4.29. The molecule has 1 N–H and O–H groups in total. The molecule has 0 amide bonds. The second-order valence-electron chi connectivity index (χ2n) is 3.30. The van der Waals surface area contributed by atoms with E-state index in [9.17, 15) is 0 Å². The Morgan fingerprint density at radius 2 is 2.18 bits per heavy atom. The first-order chi connectivity index (χ1) is 4.97. The highest BCUT2D eigenvalue weighted by Gasteiger charge is 2.27. The summed E-state index contributed by atoms with van der Waals surface area (Å²) in [7, 11) is 0. The average molecular weight is 178 g/mol. The third kappa shape index (κ3) is 2.08. The van der Waals surface area contributed by atoms with Crippen molar-refractivity contribution < 1.29 is 4.74 Å². The number of hydrogen-bond acceptors (Lipinski definition) is 2. The Labute approximate surface area is 74.1 Å². The van der Waals surface area contributed by atoms with E-state index in [-0.39, 0.29) is 12.4 Å². The van der Waals surface area contributed by atoms with Gasteiger partial charge in [0, 0.05) is 13.2 Å². The van der Waals surface area contributed by atoms with Gasteiger partial charge < -0.3 is 10.1 Å². The molecule has 2 atom stereocenters.